The Hall–Kier alpha value is -2.10. The molecule has 4 heteroatoms. The number of allylic oxidation sites excluding steroid dienone is 6. The van der Waals surface area contributed by atoms with Gasteiger partial charge in [-0.3, -0.25) is 0 Å². The molecule has 2 N–H and O–H groups in total. The van der Waals surface area contributed by atoms with Gasteiger partial charge < -0.3 is 10.2 Å². The zero-order valence-corrected chi connectivity index (χ0v) is 15.3. The van der Waals surface area contributed by atoms with Crippen LogP contribution in [0.5, 0.6) is 0 Å². The maximum absolute atomic E-state index is 11.3. The first-order chi connectivity index (χ1) is 11.2. The first-order valence-electron chi connectivity index (χ1n) is 8.33. The first kappa shape index (κ1) is 21.9. The second-order valence-corrected chi connectivity index (χ2v) is 6.31. The van der Waals surface area contributed by atoms with Gasteiger partial charge in [-0.2, -0.15) is 0 Å². The van der Waals surface area contributed by atoms with Gasteiger partial charge in [0.05, 0.1) is 0 Å². The third-order valence-corrected chi connectivity index (χ3v) is 3.57. The summed E-state index contributed by atoms with van der Waals surface area (Å²) in [5.74, 6) is -1.87. The smallest absolute Gasteiger partial charge is 0.331 e. The van der Waals surface area contributed by atoms with Gasteiger partial charge in [0.25, 0.3) is 0 Å². The molecule has 0 bridgehead atoms. The third kappa shape index (κ3) is 12.4. The summed E-state index contributed by atoms with van der Waals surface area (Å²) in [6.07, 6.45) is 11.5. The van der Waals surface area contributed by atoms with Gasteiger partial charge in [0.2, 0.25) is 0 Å². The van der Waals surface area contributed by atoms with Crippen molar-refractivity contribution in [3.05, 3.63) is 46.6 Å². The van der Waals surface area contributed by atoms with E-state index in [0.29, 0.717) is 31.3 Å². The van der Waals surface area contributed by atoms with Crippen LogP contribution in [-0.4, -0.2) is 22.2 Å². The molecule has 0 saturated carbocycles. The van der Waals surface area contributed by atoms with E-state index >= 15 is 0 Å². The number of hydrogen-bond acceptors (Lipinski definition) is 2. The molecule has 0 rings (SSSR count). The standard InChI is InChI=1S/C20H30O4/c1-15(2)8-5-9-16(3)10-6-12-18(20(23)24)13-7-11-17(4)14-19(21)22/h8,10,13-14H,5-7,9,11-12H2,1-4H3,(H,21,22)(H,23,24)/b16-10+,17-14+,18-13+. The summed E-state index contributed by atoms with van der Waals surface area (Å²) in [5, 5.41) is 17.9. The van der Waals surface area contributed by atoms with Crippen LogP contribution in [0.25, 0.3) is 0 Å². The molecule has 24 heavy (non-hydrogen) atoms. The average Bonchev–Trinajstić information content (AvgIpc) is 2.44. The van der Waals surface area contributed by atoms with Crippen LogP contribution in [-0.2, 0) is 9.59 Å². The summed E-state index contributed by atoms with van der Waals surface area (Å²) in [7, 11) is 0. The largest absolute Gasteiger partial charge is 0.478 e. The Labute approximate surface area is 145 Å². The highest BCUT2D eigenvalue weighted by Crippen LogP contribution is 2.14. The number of carboxylic acid groups (broad SMARTS) is 2. The van der Waals surface area contributed by atoms with Crippen LogP contribution in [0.1, 0.15) is 66.2 Å². The minimum Gasteiger partial charge on any atom is -0.478 e. The lowest BCUT2D eigenvalue weighted by atomic mass is 10.0. The minimum absolute atomic E-state index is 0.395. The van der Waals surface area contributed by atoms with Crippen molar-refractivity contribution in [2.75, 3.05) is 0 Å². The lowest BCUT2D eigenvalue weighted by Gasteiger charge is -2.03. The lowest BCUT2D eigenvalue weighted by molar-refractivity contribution is -0.133. The number of carboxylic acids is 2. The molecule has 0 amide bonds. The molecule has 0 radical (unpaired) electrons. The monoisotopic (exact) mass is 334 g/mol. The number of aliphatic carboxylic acids is 2. The quantitative estimate of drug-likeness (QED) is 0.398. The molecule has 0 aliphatic heterocycles. The molecule has 0 unspecified atom stereocenters. The Morgan fingerprint density at radius 2 is 1.29 bits per heavy atom. The molecular weight excluding hydrogens is 304 g/mol. The van der Waals surface area contributed by atoms with Crippen molar-refractivity contribution in [3.8, 4) is 0 Å². The molecule has 0 aromatic rings. The maximum Gasteiger partial charge on any atom is 0.331 e. The molecule has 0 aliphatic rings. The average molecular weight is 334 g/mol. The molecule has 4 nitrogen and oxygen atoms in total. The first-order valence-corrected chi connectivity index (χ1v) is 8.33. The summed E-state index contributed by atoms with van der Waals surface area (Å²) < 4.78 is 0. The van der Waals surface area contributed by atoms with Gasteiger partial charge in [0.15, 0.2) is 0 Å². The molecule has 0 fully saturated rings. The van der Waals surface area contributed by atoms with Gasteiger partial charge in [-0.15, -0.1) is 0 Å². The summed E-state index contributed by atoms with van der Waals surface area (Å²) in [4.78, 5) is 21.8. The van der Waals surface area contributed by atoms with E-state index in [1.807, 2.05) is 0 Å². The van der Waals surface area contributed by atoms with E-state index in [9.17, 15) is 14.7 Å². The van der Waals surface area contributed by atoms with Crippen LogP contribution in [0.2, 0.25) is 0 Å². The summed E-state index contributed by atoms with van der Waals surface area (Å²) >= 11 is 0. The van der Waals surface area contributed by atoms with Gasteiger partial charge in [-0.1, -0.05) is 34.9 Å². The second-order valence-electron chi connectivity index (χ2n) is 6.31. The summed E-state index contributed by atoms with van der Waals surface area (Å²) in [5.41, 5.74) is 3.72. The minimum atomic E-state index is -0.969. The molecule has 0 aromatic heterocycles. The van der Waals surface area contributed by atoms with Crippen LogP contribution >= 0.6 is 0 Å². The van der Waals surface area contributed by atoms with Crippen LogP contribution in [0.4, 0.5) is 0 Å². The zero-order chi connectivity index (χ0) is 18.5. The fraction of sp³-hybridized carbons (Fsp3) is 0.500. The van der Waals surface area contributed by atoms with Crippen molar-refractivity contribution in [3.63, 3.8) is 0 Å². The third-order valence-electron chi connectivity index (χ3n) is 3.57. The summed E-state index contributed by atoms with van der Waals surface area (Å²) in [6, 6.07) is 0. The van der Waals surface area contributed by atoms with Crippen LogP contribution in [0.3, 0.4) is 0 Å². The highest BCUT2D eigenvalue weighted by atomic mass is 16.4. The van der Waals surface area contributed by atoms with Gasteiger partial charge in [0, 0.05) is 11.6 Å². The van der Waals surface area contributed by atoms with E-state index in [0.717, 1.165) is 24.5 Å². The Bertz CT molecular complexity index is 544. The Morgan fingerprint density at radius 1 is 0.750 bits per heavy atom. The maximum atomic E-state index is 11.3. The topological polar surface area (TPSA) is 74.6 Å². The van der Waals surface area contributed by atoms with E-state index in [-0.39, 0.29) is 0 Å². The van der Waals surface area contributed by atoms with Crippen molar-refractivity contribution in [1.82, 2.24) is 0 Å². The second kappa shape index (κ2) is 12.3. The van der Waals surface area contributed by atoms with Crippen molar-refractivity contribution in [2.45, 2.75) is 66.2 Å². The van der Waals surface area contributed by atoms with Gasteiger partial charge in [-0.05, 0) is 66.2 Å². The van der Waals surface area contributed by atoms with Crippen molar-refractivity contribution >= 4 is 11.9 Å². The number of carbonyl (C=O) groups is 2. The van der Waals surface area contributed by atoms with Crippen molar-refractivity contribution in [2.24, 2.45) is 0 Å². The molecule has 134 valence electrons. The molecule has 0 saturated heterocycles. The highest BCUT2D eigenvalue weighted by Gasteiger charge is 2.06. The Balaban J connectivity index is 4.43. The predicted octanol–water partition coefficient (Wildman–Crippen LogP) is 5.28. The highest BCUT2D eigenvalue weighted by molar-refractivity contribution is 5.86. The van der Waals surface area contributed by atoms with Gasteiger partial charge in [-0.25, -0.2) is 9.59 Å². The molecule has 0 spiro atoms. The normalized spacial score (nSPS) is 12.9. The molecular formula is C20H30O4. The Morgan fingerprint density at radius 3 is 1.83 bits per heavy atom. The van der Waals surface area contributed by atoms with E-state index in [4.69, 9.17) is 5.11 Å². The Kier molecular flexibility index (Phi) is 11.3. The fourth-order valence-electron chi connectivity index (χ4n) is 2.22. The molecule has 0 aromatic carbocycles. The zero-order valence-electron chi connectivity index (χ0n) is 15.3. The lowest BCUT2D eigenvalue weighted by Crippen LogP contribution is -2.00. The van der Waals surface area contributed by atoms with Crippen molar-refractivity contribution in [1.29, 1.82) is 0 Å². The molecule has 0 aliphatic carbocycles. The summed E-state index contributed by atoms with van der Waals surface area (Å²) in [6.45, 7) is 7.97. The number of rotatable bonds is 11. The SMILES string of the molecule is CC(C)=CCC/C(C)=C/CC/C(=C\CC/C(C)=C/C(=O)O)C(=O)O. The van der Waals surface area contributed by atoms with Crippen LogP contribution < -0.4 is 0 Å². The molecule has 0 atom stereocenters. The molecule has 0 heterocycles. The van der Waals surface area contributed by atoms with E-state index in [1.165, 1.54) is 11.1 Å². The number of hydrogen-bond donors (Lipinski definition) is 2. The van der Waals surface area contributed by atoms with E-state index in [2.05, 4.69) is 32.9 Å². The van der Waals surface area contributed by atoms with Gasteiger partial charge in [0.1, 0.15) is 0 Å². The van der Waals surface area contributed by atoms with Gasteiger partial charge >= 0.3 is 11.9 Å². The van der Waals surface area contributed by atoms with Crippen LogP contribution in [0.15, 0.2) is 46.6 Å². The predicted molar refractivity (Wildman–Crippen MR) is 98.0 cm³/mol. The fourth-order valence-corrected chi connectivity index (χ4v) is 2.22. The van der Waals surface area contributed by atoms with Crippen LogP contribution in [0, 0.1) is 0 Å². The van der Waals surface area contributed by atoms with Crippen molar-refractivity contribution < 1.29 is 19.8 Å². The van der Waals surface area contributed by atoms with E-state index in [1.54, 1.807) is 13.0 Å². The van der Waals surface area contributed by atoms with E-state index < -0.39 is 11.9 Å².